The van der Waals surface area contributed by atoms with Gasteiger partial charge in [-0.15, -0.1) is 0 Å². The molecule has 111 heavy (non-hydrogen) atoms. The van der Waals surface area contributed by atoms with Crippen LogP contribution in [0.1, 0.15) is 135 Å². The number of amides is 12. The summed E-state index contributed by atoms with van der Waals surface area (Å²) in [6.07, 6.45) is -1.88. The molecule has 3 heterocycles. The summed E-state index contributed by atoms with van der Waals surface area (Å²) in [5.41, 5.74) is 11.9. The van der Waals surface area contributed by atoms with Crippen LogP contribution >= 0.6 is 23.5 Å². The van der Waals surface area contributed by atoms with E-state index in [1.165, 1.54) is 112 Å². The molecule has 604 valence electrons. The van der Waals surface area contributed by atoms with E-state index in [0.717, 1.165) is 11.1 Å². The Balaban J connectivity index is 1.38. The van der Waals surface area contributed by atoms with Crippen molar-refractivity contribution in [2.45, 2.75) is 216 Å². The normalized spacial score (nSPS) is 23.5. The third-order valence-electron chi connectivity index (χ3n) is 18.2. The number of rotatable bonds is 18. The first kappa shape index (κ1) is 89.5. The fraction of sp³-hybridized carbons (Fsp3) is 0.500. The monoisotopic (exact) mass is 1580 g/mol. The Hall–Kier alpha value is -10.4. The van der Waals surface area contributed by atoms with Gasteiger partial charge in [-0.2, -0.15) is 23.5 Å². The van der Waals surface area contributed by atoms with E-state index in [0.29, 0.717) is 51.4 Å². The summed E-state index contributed by atoms with van der Waals surface area (Å²) in [5, 5.41) is 81.7. The number of hydrogen-bond acceptors (Lipinski definition) is 21. The summed E-state index contributed by atoms with van der Waals surface area (Å²) < 4.78 is 0. The molecule has 0 saturated carbocycles. The van der Waals surface area contributed by atoms with Crippen LogP contribution in [-0.4, -0.2) is 209 Å². The molecule has 0 unspecified atom stereocenters. The van der Waals surface area contributed by atoms with Gasteiger partial charge in [0.2, 0.25) is 70.9 Å². The minimum atomic E-state index is -2.07. The summed E-state index contributed by atoms with van der Waals surface area (Å²) in [6, 6.07) is 6.36. The van der Waals surface area contributed by atoms with Crippen LogP contribution in [0.4, 0.5) is 0 Å². The van der Waals surface area contributed by atoms with Crippen molar-refractivity contribution >= 4 is 111 Å². The molecular weight excluding hydrogens is 1480 g/mol. The lowest BCUT2D eigenvalue weighted by Gasteiger charge is -2.32. The molecule has 33 nitrogen and oxygen atoms in total. The molecule has 6 rings (SSSR count). The number of aliphatic carboxylic acids is 1. The molecule has 12 atom stereocenters. The van der Waals surface area contributed by atoms with Crippen LogP contribution in [0.3, 0.4) is 0 Å². The number of aliphatic hydroxyl groups is 2. The van der Waals surface area contributed by atoms with Crippen molar-refractivity contribution in [3.8, 4) is 11.5 Å². The minimum absolute atomic E-state index is 0.0334. The van der Waals surface area contributed by atoms with E-state index < -0.39 is 173 Å². The van der Waals surface area contributed by atoms with Gasteiger partial charge in [-0.1, -0.05) is 82.6 Å². The number of fused-ring (bicyclic) bond motifs is 3. The number of aliphatic hydroxyl groups excluding tert-OH is 2. The van der Waals surface area contributed by atoms with E-state index in [1.54, 1.807) is 39.8 Å². The fourth-order valence-corrected chi connectivity index (χ4v) is 13.8. The number of nitrogens with one attached hydrogen (secondary N) is 12. The number of carbonyl (C=O) groups is 13. The largest absolute Gasteiger partial charge is 0.508 e. The molecule has 0 saturated heterocycles. The Bertz CT molecular complexity index is 4060. The Morgan fingerprint density at radius 2 is 1.08 bits per heavy atom. The van der Waals surface area contributed by atoms with Crippen LogP contribution < -0.4 is 70.0 Å². The molecule has 3 aromatic carbocycles. The maximum absolute atomic E-state index is 14.9. The van der Waals surface area contributed by atoms with Crippen molar-refractivity contribution in [2.75, 3.05) is 18.1 Å². The van der Waals surface area contributed by atoms with E-state index in [4.69, 9.17) is 11.5 Å². The van der Waals surface area contributed by atoms with Gasteiger partial charge in [0.05, 0.1) is 12.2 Å². The first-order valence-electron chi connectivity index (χ1n) is 36.6. The molecule has 0 fully saturated rings. The van der Waals surface area contributed by atoms with Gasteiger partial charge in [0.25, 0.3) is 0 Å². The maximum atomic E-state index is 14.9. The highest BCUT2D eigenvalue weighted by Gasteiger charge is 2.41. The first-order chi connectivity index (χ1) is 52.5. The number of primary amides is 1. The highest BCUT2D eigenvalue weighted by Crippen LogP contribution is 2.25. The number of hydrogen-bond donors (Lipinski definition) is 19. The first-order valence-corrected chi connectivity index (χ1v) is 38.9. The number of carboxylic acid groups (broad SMARTS) is 1. The van der Waals surface area contributed by atoms with Gasteiger partial charge in [0.15, 0.2) is 0 Å². The lowest BCUT2D eigenvalue weighted by molar-refractivity contribution is -0.139. The van der Waals surface area contributed by atoms with Gasteiger partial charge < -0.3 is 100 Å². The molecular formula is C76H105N15O18S2. The van der Waals surface area contributed by atoms with Crippen molar-refractivity contribution in [3.63, 3.8) is 0 Å². The van der Waals surface area contributed by atoms with Gasteiger partial charge in [-0.3, -0.25) is 62.3 Å². The summed E-state index contributed by atoms with van der Waals surface area (Å²) in [4.78, 5) is 192. The number of nitrogens with two attached hydrogens (primary N) is 2. The number of aromatic amines is 1. The molecule has 2 aromatic heterocycles. The number of H-pyrrole nitrogens is 1. The number of thioether (sulfide) groups is 2. The second kappa shape index (κ2) is 42.7. The standard InChI is InChI=1S/C76H105N15O18S2/c1-9-14-51-66(101)89-61(42(3)93)72(107)86-57(63(78)99)40-111-39-46-16-12-15-45(33-46)38-110-32-29-58(96)88-62(75(4,5)6)73(108)85-55(35-44-21-25-49(95)26-22-44)69(104)82-52(18-10-11-30-77)67(102)90-60(41(2)92)71(106)84-56(36-47-37-80-64-50(47)17-13-31-79-64)70(105)91-76(7,8)74(109)87-53(27-28-59(97)98)65(100)83-54(68(103)81-51)34-43-19-23-48(94)24-20-43/h12-13,15-17,19-26,31,33,37,41-42,51-57,60-62,92-95H,9-11,14,18,27-30,32,34-36,38-40,77H2,1-8H3,(H2,78,99)(H,79,80)(H,81,103)(H,82,104)(H,83,100)(H,84,106)(H,85,108)(H,86,107)(H,87,109)(H,88,96)(H,89,101)(H,90,102)(H,91,105)(H,97,98)/t41-,42-,51+,52+,53+,54+,55+,56+,57+,60+,61+,62-/m1/s1. The molecule has 1 aliphatic heterocycles. The van der Waals surface area contributed by atoms with Crippen molar-refractivity contribution in [1.29, 1.82) is 0 Å². The predicted octanol–water partition coefficient (Wildman–Crippen LogP) is 0.402. The molecule has 21 N–H and O–H groups in total. The summed E-state index contributed by atoms with van der Waals surface area (Å²) in [5.74, 6) is -12.1. The lowest BCUT2D eigenvalue weighted by atomic mass is 9.85. The third kappa shape index (κ3) is 28.5. The quantitative estimate of drug-likeness (QED) is 0.0528. The number of aromatic nitrogens is 2. The average molecular weight is 1580 g/mol. The van der Waals surface area contributed by atoms with E-state index in [2.05, 4.69) is 68.5 Å². The zero-order valence-corrected chi connectivity index (χ0v) is 65.1. The van der Waals surface area contributed by atoms with Crippen molar-refractivity contribution in [3.05, 3.63) is 125 Å². The van der Waals surface area contributed by atoms with Gasteiger partial charge in [-0.05, 0) is 136 Å². The fourth-order valence-electron chi connectivity index (χ4n) is 11.9. The van der Waals surface area contributed by atoms with Gasteiger partial charge in [0, 0.05) is 72.9 Å². The molecule has 2 bridgehead atoms. The van der Waals surface area contributed by atoms with E-state index in [1.807, 2.05) is 24.3 Å². The van der Waals surface area contributed by atoms with Gasteiger partial charge in [0.1, 0.15) is 83.1 Å². The number of phenols is 2. The Morgan fingerprint density at radius 3 is 1.61 bits per heavy atom. The van der Waals surface area contributed by atoms with Crippen LogP contribution in [0.25, 0.3) is 11.0 Å². The summed E-state index contributed by atoms with van der Waals surface area (Å²) in [6.45, 7) is 11.8. The Kier molecular flexibility index (Phi) is 34.5. The number of pyridine rings is 1. The molecule has 0 radical (unpaired) electrons. The highest BCUT2D eigenvalue weighted by atomic mass is 32.2. The van der Waals surface area contributed by atoms with Crippen LogP contribution in [0.5, 0.6) is 11.5 Å². The number of carboxylic acids is 1. The zero-order chi connectivity index (χ0) is 81.9. The number of nitrogens with zero attached hydrogens (tertiary/aromatic N) is 1. The van der Waals surface area contributed by atoms with Gasteiger partial charge in [-0.25, -0.2) is 4.98 Å². The van der Waals surface area contributed by atoms with Crippen molar-refractivity contribution in [1.82, 2.24) is 68.5 Å². The topological polar surface area (TPSA) is 536 Å². The second-order valence-corrected chi connectivity index (χ2v) is 31.2. The molecule has 0 aliphatic carbocycles. The maximum Gasteiger partial charge on any atom is 0.303 e. The van der Waals surface area contributed by atoms with Crippen LogP contribution in [0.2, 0.25) is 0 Å². The number of phenolic OH excluding ortho intramolecular Hbond substituents is 2. The van der Waals surface area contributed by atoms with E-state index in [-0.39, 0.29) is 75.2 Å². The second-order valence-electron chi connectivity index (χ2n) is 29.0. The number of unbranched alkanes of at least 4 members (excludes halogenated alkanes) is 1. The Morgan fingerprint density at radius 1 is 0.586 bits per heavy atom. The van der Waals surface area contributed by atoms with Gasteiger partial charge >= 0.3 is 5.97 Å². The Labute approximate surface area is 651 Å². The molecule has 35 heteroatoms. The van der Waals surface area contributed by atoms with E-state index in [9.17, 15) is 87.9 Å². The smallest absolute Gasteiger partial charge is 0.303 e. The summed E-state index contributed by atoms with van der Waals surface area (Å²) >= 11 is 2.67. The van der Waals surface area contributed by atoms with Crippen LogP contribution in [0.15, 0.2) is 97.3 Å². The zero-order valence-electron chi connectivity index (χ0n) is 63.4. The van der Waals surface area contributed by atoms with Crippen LogP contribution in [-0.2, 0) is 93.1 Å². The third-order valence-corrected chi connectivity index (χ3v) is 20.3. The minimum Gasteiger partial charge on any atom is -0.508 e. The molecule has 12 amide bonds. The number of aromatic hydroxyl groups is 2. The predicted molar refractivity (Wildman–Crippen MR) is 415 cm³/mol. The highest BCUT2D eigenvalue weighted by molar-refractivity contribution is 7.98. The van der Waals surface area contributed by atoms with Crippen LogP contribution in [0, 0.1) is 5.41 Å². The number of benzene rings is 3. The number of carbonyl (C=O) groups excluding carboxylic acids is 12. The van der Waals surface area contributed by atoms with Crippen molar-refractivity contribution < 1.29 is 87.9 Å². The SMILES string of the molecule is CCC[C@@H]1NC(=O)[C@H](Cc2ccc(O)cc2)NC(=O)[C@H](CCC(=O)O)NC(=O)C(C)(C)NC(=O)[C@H](Cc2c[nH]c3ncccc23)NC(=O)[C@H]([C@@H](C)O)NC(=O)[C@H](CCCCN)NC(=O)[C@H](Cc2ccc(O)cc2)NC(=O)[C@H](C(C)(C)C)NC(=O)CCSCc2cccc(c2)CSC[C@@H](C(N)=O)NC(=O)[C@H]([C@@H](C)O)NC1=O. The average Bonchev–Trinajstić information content (AvgIpc) is 1.70. The lowest BCUT2D eigenvalue weighted by Crippen LogP contribution is -2.64. The molecule has 1 aliphatic rings. The molecule has 0 spiro atoms. The molecule has 5 aromatic rings. The van der Waals surface area contributed by atoms with E-state index >= 15 is 0 Å². The summed E-state index contributed by atoms with van der Waals surface area (Å²) in [7, 11) is 0. The van der Waals surface area contributed by atoms with Crippen molar-refractivity contribution in [2.24, 2.45) is 16.9 Å².